The minimum Gasteiger partial charge on any atom is -0.456 e. The maximum absolute atomic E-state index is 6.98. The van der Waals surface area contributed by atoms with Crippen LogP contribution < -0.4 is 4.74 Å². The molecule has 0 unspecified atom stereocenters. The first kappa shape index (κ1) is 26.5. The lowest BCUT2D eigenvalue weighted by Crippen LogP contribution is -2.14. The molecule has 0 N–H and O–H groups in total. The average molecular weight is 544 g/mol. The highest BCUT2D eigenvalue weighted by molar-refractivity contribution is 6.17. The van der Waals surface area contributed by atoms with Gasteiger partial charge in [0, 0.05) is 30.5 Å². The molecule has 0 amide bonds. The molecule has 1 aromatic heterocycles. The van der Waals surface area contributed by atoms with Gasteiger partial charge in [-0.1, -0.05) is 71.0 Å². The lowest BCUT2D eigenvalue weighted by molar-refractivity contribution is 0.0853. The minimum atomic E-state index is 0.232. The van der Waals surface area contributed by atoms with Crippen molar-refractivity contribution < 1.29 is 9.47 Å². The first-order valence-electron chi connectivity index (χ1n) is 15.4. The molecular formula is C38H41NO2. The quantitative estimate of drug-likeness (QED) is 0.207. The van der Waals surface area contributed by atoms with E-state index < -0.39 is 0 Å². The van der Waals surface area contributed by atoms with Crippen molar-refractivity contribution in [1.82, 2.24) is 4.98 Å². The first-order chi connectivity index (χ1) is 19.7. The van der Waals surface area contributed by atoms with Crippen molar-refractivity contribution in [3.05, 3.63) is 77.0 Å². The fourth-order valence-electron chi connectivity index (χ4n) is 7.22. The molecule has 0 radical (unpaired) electrons. The van der Waals surface area contributed by atoms with E-state index in [4.69, 9.17) is 14.5 Å². The molecular weight excluding hydrogens is 502 g/mol. The molecule has 3 heterocycles. The molecule has 1 saturated heterocycles. The highest BCUT2D eigenvalue weighted by Gasteiger charge is 2.29. The Morgan fingerprint density at radius 2 is 1.71 bits per heavy atom. The number of aryl methyl sites for hydroxylation is 1. The Labute approximate surface area is 243 Å². The largest absolute Gasteiger partial charge is 0.456 e. The minimum absolute atomic E-state index is 0.232. The van der Waals surface area contributed by atoms with Crippen molar-refractivity contribution >= 4 is 32.3 Å². The predicted octanol–water partition coefficient (Wildman–Crippen LogP) is 10.3. The standard InChI is InChI=1S/C38H41NO2/c1-22(2)17-32-28-10-7-24(21-38(4,5)6)18-30(28)23(3)34-36-35-29(11-14-39-36)31-19-26(25-12-15-40-16-13-25)8-9-27(31)20-33(35)41-37(32)34/h7-11,14,18-20,22,25H,12-13,15-17,21H2,1-6H3. The Kier molecular flexibility index (Phi) is 6.35. The van der Waals surface area contributed by atoms with Crippen molar-refractivity contribution in [1.29, 1.82) is 0 Å². The van der Waals surface area contributed by atoms with Crippen molar-refractivity contribution in [2.75, 3.05) is 13.2 Å². The maximum atomic E-state index is 6.98. The maximum Gasteiger partial charge on any atom is 0.140 e. The van der Waals surface area contributed by atoms with Gasteiger partial charge in [-0.3, -0.25) is 4.98 Å². The lowest BCUT2D eigenvalue weighted by atomic mass is 9.83. The number of aromatic nitrogens is 1. The summed E-state index contributed by atoms with van der Waals surface area (Å²) < 4.78 is 12.6. The van der Waals surface area contributed by atoms with Crippen LogP contribution in [-0.2, 0) is 17.6 Å². The third-order valence-electron chi connectivity index (χ3n) is 9.03. The van der Waals surface area contributed by atoms with Gasteiger partial charge in [0.1, 0.15) is 11.5 Å². The van der Waals surface area contributed by atoms with E-state index in [1.54, 1.807) is 0 Å². The molecule has 41 heavy (non-hydrogen) atoms. The zero-order valence-electron chi connectivity index (χ0n) is 25.4. The van der Waals surface area contributed by atoms with Crippen molar-refractivity contribution in [3.63, 3.8) is 0 Å². The monoisotopic (exact) mass is 543 g/mol. The third kappa shape index (κ3) is 4.59. The highest BCUT2D eigenvalue weighted by atomic mass is 16.5. The molecule has 2 aliphatic heterocycles. The second-order valence-electron chi connectivity index (χ2n) is 13.9. The number of ether oxygens (including phenoxy) is 2. The fourth-order valence-corrected chi connectivity index (χ4v) is 7.22. The molecule has 4 aromatic carbocycles. The van der Waals surface area contributed by atoms with Crippen LogP contribution in [-0.4, -0.2) is 18.2 Å². The van der Waals surface area contributed by atoms with E-state index in [-0.39, 0.29) is 5.41 Å². The van der Waals surface area contributed by atoms with Crippen molar-refractivity contribution in [3.8, 4) is 22.8 Å². The molecule has 2 aliphatic rings. The van der Waals surface area contributed by atoms with Gasteiger partial charge in [-0.15, -0.1) is 0 Å². The van der Waals surface area contributed by atoms with Crippen LogP contribution in [0.15, 0.2) is 54.7 Å². The van der Waals surface area contributed by atoms with E-state index in [0.29, 0.717) is 11.8 Å². The number of benzene rings is 4. The molecule has 0 spiro atoms. The molecule has 210 valence electrons. The van der Waals surface area contributed by atoms with Gasteiger partial charge in [-0.05, 0) is 106 Å². The molecule has 3 nitrogen and oxygen atoms in total. The van der Waals surface area contributed by atoms with Crippen LogP contribution in [0.5, 0.6) is 11.5 Å². The Bertz CT molecular complexity index is 1820. The summed E-state index contributed by atoms with van der Waals surface area (Å²) in [5.74, 6) is 2.99. The number of fused-ring (bicyclic) bond motifs is 5. The summed E-state index contributed by atoms with van der Waals surface area (Å²) in [6.07, 6.45) is 6.19. The summed E-state index contributed by atoms with van der Waals surface area (Å²) in [4.78, 5) is 5.07. The number of nitrogens with zero attached hydrogens (tertiary/aromatic N) is 1. The van der Waals surface area contributed by atoms with E-state index in [0.717, 1.165) is 61.5 Å². The number of pyridine rings is 1. The lowest BCUT2D eigenvalue weighted by Gasteiger charge is -2.28. The number of hydrogen-bond acceptors (Lipinski definition) is 3. The molecule has 0 saturated carbocycles. The second kappa shape index (κ2) is 9.84. The van der Waals surface area contributed by atoms with E-state index in [1.165, 1.54) is 54.7 Å². The van der Waals surface area contributed by atoms with Gasteiger partial charge >= 0.3 is 0 Å². The van der Waals surface area contributed by atoms with E-state index in [1.807, 2.05) is 6.20 Å². The molecule has 7 rings (SSSR count). The van der Waals surface area contributed by atoms with Gasteiger partial charge in [0.05, 0.1) is 11.1 Å². The topological polar surface area (TPSA) is 31.4 Å². The van der Waals surface area contributed by atoms with Crippen LogP contribution in [0.25, 0.3) is 43.6 Å². The SMILES string of the molecule is Cc1c2c(c(CC(C)C)c3ccc(CC(C)(C)C)cc13)Oc1cc3ccc(C4CCOCC4)cc3c3ccnc-2c13. The number of rotatable bonds is 4. The Hall–Kier alpha value is -3.43. The zero-order valence-corrected chi connectivity index (χ0v) is 25.4. The summed E-state index contributed by atoms with van der Waals surface area (Å²) in [7, 11) is 0. The predicted molar refractivity (Wildman–Crippen MR) is 171 cm³/mol. The van der Waals surface area contributed by atoms with Crippen LogP contribution in [0.4, 0.5) is 0 Å². The average Bonchev–Trinajstić information content (AvgIpc) is 2.94. The summed E-state index contributed by atoms with van der Waals surface area (Å²) >= 11 is 0. The highest BCUT2D eigenvalue weighted by Crippen LogP contribution is 2.53. The van der Waals surface area contributed by atoms with Crippen LogP contribution in [0.2, 0.25) is 0 Å². The second-order valence-corrected chi connectivity index (χ2v) is 13.9. The smallest absolute Gasteiger partial charge is 0.140 e. The summed E-state index contributed by atoms with van der Waals surface area (Å²) in [5, 5.41) is 7.52. The van der Waals surface area contributed by atoms with E-state index in [9.17, 15) is 0 Å². The molecule has 0 bridgehead atoms. The molecule has 3 heteroatoms. The number of hydrogen-bond donors (Lipinski definition) is 0. The van der Waals surface area contributed by atoms with Crippen LogP contribution in [0.1, 0.15) is 75.6 Å². The van der Waals surface area contributed by atoms with E-state index >= 15 is 0 Å². The Balaban J connectivity index is 1.49. The zero-order chi connectivity index (χ0) is 28.5. The van der Waals surface area contributed by atoms with Crippen LogP contribution in [0, 0.1) is 18.3 Å². The Morgan fingerprint density at radius 1 is 0.902 bits per heavy atom. The molecule has 5 aromatic rings. The van der Waals surface area contributed by atoms with Gasteiger partial charge in [-0.2, -0.15) is 0 Å². The normalized spacial score (nSPS) is 15.6. The Morgan fingerprint density at radius 3 is 2.46 bits per heavy atom. The molecule has 0 atom stereocenters. The molecule has 1 fully saturated rings. The summed E-state index contributed by atoms with van der Waals surface area (Å²) in [6.45, 7) is 15.5. The van der Waals surface area contributed by atoms with Gasteiger partial charge in [0.25, 0.3) is 0 Å². The van der Waals surface area contributed by atoms with Crippen LogP contribution in [0.3, 0.4) is 0 Å². The van der Waals surface area contributed by atoms with Crippen molar-refractivity contribution in [2.45, 2.75) is 73.1 Å². The molecule has 0 aliphatic carbocycles. The third-order valence-corrected chi connectivity index (χ3v) is 9.03. The van der Waals surface area contributed by atoms with Crippen LogP contribution >= 0.6 is 0 Å². The summed E-state index contributed by atoms with van der Waals surface area (Å²) in [6, 6.07) is 18.5. The van der Waals surface area contributed by atoms with Gasteiger partial charge in [0.15, 0.2) is 0 Å². The van der Waals surface area contributed by atoms with Crippen molar-refractivity contribution in [2.24, 2.45) is 11.3 Å². The van der Waals surface area contributed by atoms with Gasteiger partial charge < -0.3 is 9.47 Å². The summed E-state index contributed by atoms with van der Waals surface area (Å²) in [5.41, 5.74) is 7.83. The van der Waals surface area contributed by atoms with Gasteiger partial charge in [-0.25, -0.2) is 0 Å². The fraction of sp³-hybridized carbons (Fsp3) is 0.395. The van der Waals surface area contributed by atoms with Gasteiger partial charge in [0.2, 0.25) is 0 Å². The first-order valence-corrected chi connectivity index (χ1v) is 15.4. The van der Waals surface area contributed by atoms with E-state index in [2.05, 4.69) is 90.1 Å².